The molecule has 4 heteroatoms. The number of rotatable bonds is 8. The molecule has 0 saturated heterocycles. The molecule has 0 heterocycles. The summed E-state index contributed by atoms with van der Waals surface area (Å²) >= 11 is 0. The van der Waals surface area contributed by atoms with E-state index in [1.165, 1.54) is 18.2 Å². The number of para-hydroxylation sites is 1. The van der Waals surface area contributed by atoms with Crippen molar-refractivity contribution in [3.05, 3.63) is 95.1 Å². The number of nitrogen functional groups attached to an aromatic ring is 1. The fourth-order valence-corrected chi connectivity index (χ4v) is 3.10. The Morgan fingerprint density at radius 3 is 2.43 bits per heavy atom. The molecule has 3 aromatic carbocycles. The summed E-state index contributed by atoms with van der Waals surface area (Å²) < 4.78 is 10.8. The molecule has 0 amide bonds. The van der Waals surface area contributed by atoms with Crippen molar-refractivity contribution in [1.29, 1.82) is 0 Å². The van der Waals surface area contributed by atoms with Gasteiger partial charge >= 0.3 is 5.97 Å². The van der Waals surface area contributed by atoms with Crippen LogP contribution in [-0.4, -0.2) is 13.1 Å². The summed E-state index contributed by atoms with van der Waals surface area (Å²) in [5.41, 5.74) is 10.6. The fraction of sp³-hybridized carbons (Fsp3) is 0.208. The summed E-state index contributed by atoms with van der Waals surface area (Å²) in [6.07, 6.45) is 2.85. The summed E-state index contributed by atoms with van der Waals surface area (Å²) in [5.74, 6) is 0.601. The largest absolute Gasteiger partial charge is 0.489 e. The lowest BCUT2D eigenvalue weighted by molar-refractivity contribution is 0.0600. The van der Waals surface area contributed by atoms with Crippen LogP contribution in [0.2, 0.25) is 0 Å². The first-order valence-electron chi connectivity index (χ1n) is 9.38. The molecule has 0 bridgehead atoms. The van der Waals surface area contributed by atoms with Crippen LogP contribution in [-0.2, 0) is 24.2 Å². The third-order valence-electron chi connectivity index (χ3n) is 4.60. The molecule has 0 aliphatic carbocycles. The molecule has 3 aromatic rings. The maximum atomic E-state index is 11.5. The molecule has 28 heavy (non-hydrogen) atoms. The third-order valence-corrected chi connectivity index (χ3v) is 4.60. The number of nitrogens with two attached hydrogens (primary N) is 1. The van der Waals surface area contributed by atoms with Gasteiger partial charge in [0.05, 0.1) is 12.7 Å². The maximum absolute atomic E-state index is 11.5. The minimum absolute atomic E-state index is 0.308. The molecule has 0 saturated carbocycles. The average Bonchev–Trinajstić information content (AvgIpc) is 2.73. The van der Waals surface area contributed by atoms with Gasteiger partial charge in [0.15, 0.2) is 0 Å². The minimum atomic E-state index is -0.308. The van der Waals surface area contributed by atoms with Crippen LogP contribution in [0.5, 0.6) is 5.75 Å². The highest BCUT2D eigenvalue weighted by Gasteiger charge is 2.06. The van der Waals surface area contributed by atoms with Gasteiger partial charge in [-0.3, -0.25) is 0 Å². The van der Waals surface area contributed by atoms with Crippen LogP contribution in [0.15, 0.2) is 72.8 Å². The van der Waals surface area contributed by atoms with E-state index in [1.54, 1.807) is 0 Å². The second kappa shape index (κ2) is 9.60. The van der Waals surface area contributed by atoms with Gasteiger partial charge in [0.2, 0.25) is 0 Å². The quantitative estimate of drug-likeness (QED) is 0.453. The summed E-state index contributed by atoms with van der Waals surface area (Å²) in [6, 6.07) is 23.5. The van der Waals surface area contributed by atoms with Crippen molar-refractivity contribution in [2.45, 2.75) is 25.9 Å². The number of hydrogen-bond acceptors (Lipinski definition) is 4. The van der Waals surface area contributed by atoms with E-state index in [4.69, 9.17) is 15.2 Å². The number of carbonyl (C=O) groups excluding carboxylic acids is 1. The van der Waals surface area contributed by atoms with Gasteiger partial charge in [-0.05, 0) is 66.3 Å². The van der Waals surface area contributed by atoms with E-state index in [2.05, 4.69) is 6.07 Å². The van der Waals surface area contributed by atoms with Crippen LogP contribution in [0.1, 0.15) is 33.5 Å². The van der Waals surface area contributed by atoms with Gasteiger partial charge < -0.3 is 15.2 Å². The number of esters is 1. The third kappa shape index (κ3) is 5.36. The topological polar surface area (TPSA) is 61.5 Å². The number of anilines is 1. The first kappa shape index (κ1) is 19.5. The Kier molecular flexibility index (Phi) is 6.68. The molecular weight excluding hydrogens is 350 g/mol. The van der Waals surface area contributed by atoms with Crippen molar-refractivity contribution < 1.29 is 14.3 Å². The van der Waals surface area contributed by atoms with Crippen molar-refractivity contribution >= 4 is 11.7 Å². The molecule has 4 nitrogen and oxygen atoms in total. The number of benzene rings is 3. The Morgan fingerprint density at radius 2 is 1.68 bits per heavy atom. The van der Waals surface area contributed by atoms with Crippen LogP contribution in [0, 0.1) is 0 Å². The number of carbonyl (C=O) groups is 1. The highest BCUT2D eigenvalue weighted by molar-refractivity contribution is 5.89. The van der Waals surface area contributed by atoms with E-state index >= 15 is 0 Å². The minimum Gasteiger partial charge on any atom is -0.489 e. The summed E-state index contributed by atoms with van der Waals surface area (Å²) in [4.78, 5) is 11.5. The average molecular weight is 375 g/mol. The SMILES string of the molecule is COC(=O)c1ccc(CCCc2ccccc2OCc2cccc(N)c2)cc1. The van der Waals surface area contributed by atoms with Gasteiger partial charge in [0.25, 0.3) is 0 Å². The van der Waals surface area contributed by atoms with Gasteiger partial charge in [0.1, 0.15) is 12.4 Å². The Balaban J connectivity index is 1.55. The highest BCUT2D eigenvalue weighted by atomic mass is 16.5. The zero-order valence-electron chi connectivity index (χ0n) is 16.1. The van der Waals surface area contributed by atoms with Crippen LogP contribution in [0.3, 0.4) is 0 Å². The van der Waals surface area contributed by atoms with Crippen LogP contribution < -0.4 is 10.5 Å². The Hall–Kier alpha value is -3.27. The Bertz CT molecular complexity index is 919. The first-order chi connectivity index (χ1) is 13.7. The van der Waals surface area contributed by atoms with Gasteiger partial charge in [-0.25, -0.2) is 4.79 Å². The normalized spacial score (nSPS) is 10.5. The number of hydrogen-bond donors (Lipinski definition) is 1. The molecule has 0 atom stereocenters. The predicted molar refractivity (Wildman–Crippen MR) is 111 cm³/mol. The van der Waals surface area contributed by atoms with Crippen molar-refractivity contribution in [2.24, 2.45) is 0 Å². The Labute approximate surface area is 165 Å². The monoisotopic (exact) mass is 375 g/mol. The zero-order chi connectivity index (χ0) is 19.8. The van der Waals surface area contributed by atoms with E-state index in [0.29, 0.717) is 12.2 Å². The second-order valence-corrected chi connectivity index (χ2v) is 6.68. The van der Waals surface area contributed by atoms with Crippen LogP contribution in [0.25, 0.3) is 0 Å². The van der Waals surface area contributed by atoms with E-state index in [1.807, 2.05) is 66.7 Å². The summed E-state index contributed by atoms with van der Waals surface area (Å²) in [6.45, 7) is 0.497. The van der Waals surface area contributed by atoms with Crippen LogP contribution in [0.4, 0.5) is 5.69 Å². The molecule has 144 valence electrons. The predicted octanol–water partition coefficient (Wildman–Crippen LogP) is 4.81. The highest BCUT2D eigenvalue weighted by Crippen LogP contribution is 2.22. The maximum Gasteiger partial charge on any atom is 0.337 e. The van der Waals surface area contributed by atoms with Gasteiger partial charge in [-0.1, -0.05) is 42.5 Å². The molecule has 0 unspecified atom stereocenters. The number of ether oxygens (including phenoxy) is 2. The van der Waals surface area contributed by atoms with E-state index in [9.17, 15) is 4.79 Å². The van der Waals surface area contributed by atoms with E-state index in [-0.39, 0.29) is 5.97 Å². The molecule has 0 spiro atoms. The van der Waals surface area contributed by atoms with Crippen molar-refractivity contribution in [3.8, 4) is 5.75 Å². The summed E-state index contributed by atoms with van der Waals surface area (Å²) in [5, 5.41) is 0. The van der Waals surface area contributed by atoms with E-state index < -0.39 is 0 Å². The lowest BCUT2D eigenvalue weighted by atomic mass is 10.0. The second-order valence-electron chi connectivity index (χ2n) is 6.68. The molecular formula is C24H25NO3. The van der Waals surface area contributed by atoms with Gasteiger partial charge in [0, 0.05) is 5.69 Å². The fourth-order valence-electron chi connectivity index (χ4n) is 3.10. The lowest BCUT2D eigenvalue weighted by Crippen LogP contribution is -2.01. The molecule has 0 aliphatic rings. The summed E-state index contributed by atoms with van der Waals surface area (Å²) in [7, 11) is 1.39. The molecule has 0 aromatic heterocycles. The van der Waals surface area contributed by atoms with Crippen molar-refractivity contribution in [1.82, 2.24) is 0 Å². The Morgan fingerprint density at radius 1 is 0.893 bits per heavy atom. The smallest absolute Gasteiger partial charge is 0.337 e. The molecule has 2 N–H and O–H groups in total. The molecule has 0 aliphatic heterocycles. The van der Waals surface area contributed by atoms with Crippen molar-refractivity contribution in [2.75, 3.05) is 12.8 Å². The van der Waals surface area contributed by atoms with Crippen LogP contribution >= 0.6 is 0 Å². The molecule has 3 rings (SSSR count). The lowest BCUT2D eigenvalue weighted by Gasteiger charge is -2.12. The zero-order valence-corrected chi connectivity index (χ0v) is 16.1. The molecule has 0 radical (unpaired) electrons. The van der Waals surface area contributed by atoms with Crippen molar-refractivity contribution in [3.63, 3.8) is 0 Å². The molecule has 0 fully saturated rings. The van der Waals surface area contributed by atoms with Gasteiger partial charge in [-0.2, -0.15) is 0 Å². The van der Waals surface area contributed by atoms with Gasteiger partial charge in [-0.15, -0.1) is 0 Å². The standard InChI is InChI=1S/C24H25NO3/c1-27-24(26)21-14-12-18(13-15-21)6-4-9-20-8-2-3-11-23(20)28-17-19-7-5-10-22(25)16-19/h2-3,5,7-8,10-16H,4,6,9,17,25H2,1H3. The number of aryl methyl sites for hydroxylation is 2. The first-order valence-corrected chi connectivity index (χ1v) is 9.38. The van der Waals surface area contributed by atoms with E-state index in [0.717, 1.165) is 36.3 Å². The number of methoxy groups -OCH3 is 1.